The molecule has 6 heteroatoms. The number of nitrogen functional groups attached to an aromatic ring is 1. The summed E-state index contributed by atoms with van der Waals surface area (Å²) >= 11 is 0. The van der Waals surface area contributed by atoms with E-state index in [1.165, 1.54) is 0 Å². The van der Waals surface area contributed by atoms with Crippen LogP contribution < -0.4 is 15.6 Å². The Balaban J connectivity index is 3.26. The zero-order valence-corrected chi connectivity index (χ0v) is 12.1. The Hall–Kier alpha value is -1.27. The Morgan fingerprint density at radius 1 is 1.33 bits per heavy atom. The third-order valence-electron chi connectivity index (χ3n) is 2.85. The molecule has 0 heterocycles. The number of hydrogen-bond acceptors (Lipinski definition) is 4. The summed E-state index contributed by atoms with van der Waals surface area (Å²) in [6.07, 6.45) is 1.94. The highest BCUT2D eigenvalue weighted by Crippen LogP contribution is 2.27. The number of rotatable bonds is 5. The topological polar surface area (TPSA) is 75.4 Å². The van der Waals surface area contributed by atoms with Crippen LogP contribution in [0.5, 0.6) is 0 Å². The number of nitrogens with one attached hydrogen (secondary N) is 1. The molecule has 0 unspecified atom stereocenters. The number of hydrazine groups is 1. The Morgan fingerprint density at radius 2 is 1.94 bits per heavy atom. The van der Waals surface area contributed by atoms with E-state index in [9.17, 15) is 8.42 Å². The largest absolute Gasteiger partial charge is 0.399 e. The van der Waals surface area contributed by atoms with Gasteiger partial charge in [-0.15, -0.1) is 4.83 Å². The molecule has 0 amide bonds. The molecule has 0 radical (unpaired) electrons. The summed E-state index contributed by atoms with van der Waals surface area (Å²) in [5.41, 5.74) is 9.53. The minimum absolute atomic E-state index is 0.545. The lowest BCUT2D eigenvalue weighted by atomic mass is 10.0. The lowest BCUT2D eigenvalue weighted by Crippen LogP contribution is -2.42. The summed E-state index contributed by atoms with van der Waals surface area (Å²) in [5, 5.41) is 1.63. The van der Waals surface area contributed by atoms with Crippen LogP contribution in [0.3, 0.4) is 0 Å². The summed E-state index contributed by atoms with van der Waals surface area (Å²) in [6, 6.07) is 3.65. The van der Waals surface area contributed by atoms with Gasteiger partial charge in [0, 0.05) is 12.2 Å². The van der Waals surface area contributed by atoms with E-state index in [4.69, 9.17) is 5.73 Å². The van der Waals surface area contributed by atoms with Gasteiger partial charge < -0.3 is 5.73 Å². The van der Waals surface area contributed by atoms with Crippen molar-refractivity contribution in [3.8, 4) is 0 Å². The summed E-state index contributed by atoms with van der Waals surface area (Å²) in [7, 11) is -3.29. The van der Waals surface area contributed by atoms with Crippen LogP contribution in [-0.4, -0.2) is 21.2 Å². The molecule has 0 atom stereocenters. The molecular formula is C12H21N3O2S. The minimum atomic E-state index is -3.29. The Labute approximate surface area is 109 Å². The molecule has 18 heavy (non-hydrogen) atoms. The van der Waals surface area contributed by atoms with Gasteiger partial charge in [0.1, 0.15) is 0 Å². The third kappa shape index (κ3) is 3.36. The predicted octanol–water partition coefficient (Wildman–Crippen LogP) is 1.43. The van der Waals surface area contributed by atoms with Crippen molar-refractivity contribution >= 4 is 21.4 Å². The van der Waals surface area contributed by atoms with Crippen molar-refractivity contribution in [1.82, 2.24) is 4.83 Å². The highest BCUT2D eigenvalue weighted by Gasteiger charge is 2.15. The quantitative estimate of drug-likeness (QED) is 0.627. The van der Waals surface area contributed by atoms with Gasteiger partial charge in [-0.1, -0.05) is 6.92 Å². The van der Waals surface area contributed by atoms with E-state index >= 15 is 0 Å². The molecule has 5 nitrogen and oxygen atoms in total. The van der Waals surface area contributed by atoms with Crippen LogP contribution in [0, 0.1) is 6.92 Å². The maximum Gasteiger partial charge on any atom is 0.225 e. The highest BCUT2D eigenvalue weighted by atomic mass is 32.2. The molecule has 3 N–H and O–H groups in total. The van der Waals surface area contributed by atoms with E-state index in [1.807, 2.05) is 26.8 Å². The lowest BCUT2D eigenvalue weighted by Gasteiger charge is -2.26. The molecule has 0 saturated carbocycles. The summed E-state index contributed by atoms with van der Waals surface area (Å²) in [6.45, 7) is 6.41. The van der Waals surface area contributed by atoms with Crippen LogP contribution in [0.4, 0.5) is 11.4 Å². The molecule has 0 aromatic heterocycles. The molecule has 0 aliphatic heterocycles. The molecular weight excluding hydrogens is 250 g/mol. The van der Waals surface area contributed by atoms with Gasteiger partial charge in [0.25, 0.3) is 0 Å². The Kier molecular flexibility index (Phi) is 4.59. The molecule has 0 bridgehead atoms. The first-order valence-corrected chi connectivity index (χ1v) is 7.82. The number of nitrogens with two attached hydrogens (primary N) is 1. The monoisotopic (exact) mass is 271 g/mol. The highest BCUT2D eigenvalue weighted by molar-refractivity contribution is 7.88. The zero-order valence-electron chi connectivity index (χ0n) is 11.3. The molecule has 1 rings (SSSR count). The second-order valence-electron chi connectivity index (χ2n) is 4.24. The van der Waals surface area contributed by atoms with Crippen molar-refractivity contribution in [3.05, 3.63) is 23.3 Å². The van der Waals surface area contributed by atoms with Crippen molar-refractivity contribution in [2.75, 3.05) is 23.5 Å². The lowest BCUT2D eigenvalue weighted by molar-refractivity contribution is 0.583. The van der Waals surface area contributed by atoms with Crippen molar-refractivity contribution in [2.45, 2.75) is 27.2 Å². The molecule has 1 aromatic carbocycles. The van der Waals surface area contributed by atoms with Gasteiger partial charge in [-0.3, -0.25) is 5.01 Å². The fraction of sp³-hybridized carbons (Fsp3) is 0.500. The second-order valence-corrected chi connectivity index (χ2v) is 5.97. The van der Waals surface area contributed by atoms with Crippen molar-refractivity contribution in [1.29, 1.82) is 0 Å². The maximum absolute atomic E-state index is 11.3. The van der Waals surface area contributed by atoms with Gasteiger partial charge in [-0.2, -0.15) is 0 Å². The van der Waals surface area contributed by atoms with Crippen molar-refractivity contribution in [3.63, 3.8) is 0 Å². The second kappa shape index (κ2) is 5.58. The van der Waals surface area contributed by atoms with Crippen LogP contribution >= 0.6 is 0 Å². The fourth-order valence-corrected chi connectivity index (χ4v) is 2.57. The van der Waals surface area contributed by atoms with Crippen LogP contribution in [0.15, 0.2) is 12.1 Å². The average Bonchev–Trinajstić information content (AvgIpc) is 2.28. The van der Waals surface area contributed by atoms with Crippen LogP contribution in [-0.2, 0) is 16.4 Å². The first kappa shape index (κ1) is 14.8. The van der Waals surface area contributed by atoms with E-state index in [2.05, 4.69) is 4.83 Å². The van der Waals surface area contributed by atoms with Crippen LogP contribution in [0.1, 0.15) is 25.0 Å². The SMILES string of the molecule is CCc1c(N(CC)NS(C)(=O)=O)ccc(N)c1C. The van der Waals surface area contributed by atoms with E-state index in [0.717, 1.165) is 35.2 Å². The van der Waals surface area contributed by atoms with E-state index in [-0.39, 0.29) is 0 Å². The van der Waals surface area contributed by atoms with Gasteiger partial charge in [0.05, 0.1) is 11.9 Å². The molecule has 0 aliphatic carbocycles. The Morgan fingerprint density at radius 3 is 2.39 bits per heavy atom. The van der Waals surface area contributed by atoms with Crippen molar-refractivity contribution in [2.24, 2.45) is 0 Å². The van der Waals surface area contributed by atoms with Crippen LogP contribution in [0.25, 0.3) is 0 Å². The zero-order chi connectivity index (χ0) is 13.9. The molecule has 0 saturated heterocycles. The smallest absolute Gasteiger partial charge is 0.225 e. The first-order chi connectivity index (χ1) is 8.30. The molecule has 0 spiro atoms. The Bertz CT molecular complexity index is 526. The van der Waals surface area contributed by atoms with Gasteiger partial charge in [0.15, 0.2) is 0 Å². The first-order valence-electron chi connectivity index (χ1n) is 5.93. The van der Waals surface area contributed by atoms with Crippen LogP contribution in [0.2, 0.25) is 0 Å². The number of anilines is 2. The van der Waals surface area contributed by atoms with Gasteiger partial charge in [0.2, 0.25) is 10.0 Å². The molecule has 1 aromatic rings. The number of sulfonamides is 1. The summed E-state index contributed by atoms with van der Waals surface area (Å²) in [5.74, 6) is 0. The molecule has 102 valence electrons. The maximum atomic E-state index is 11.3. The van der Waals surface area contributed by atoms with Crippen molar-refractivity contribution < 1.29 is 8.42 Å². The number of nitrogens with zero attached hydrogens (tertiary/aromatic N) is 1. The van der Waals surface area contributed by atoms with Gasteiger partial charge >= 0.3 is 0 Å². The summed E-state index contributed by atoms with van der Waals surface area (Å²) in [4.78, 5) is 2.51. The van der Waals surface area contributed by atoms with E-state index < -0.39 is 10.0 Å². The normalized spacial score (nSPS) is 11.6. The van der Waals surface area contributed by atoms with Gasteiger partial charge in [-0.05, 0) is 43.5 Å². The summed E-state index contributed by atoms with van der Waals surface area (Å²) < 4.78 is 22.7. The predicted molar refractivity (Wildman–Crippen MR) is 76.0 cm³/mol. The number of hydrogen-bond donors (Lipinski definition) is 2. The molecule has 0 fully saturated rings. The minimum Gasteiger partial charge on any atom is -0.399 e. The van der Waals surface area contributed by atoms with E-state index in [0.29, 0.717) is 6.54 Å². The fourth-order valence-electron chi connectivity index (χ4n) is 1.94. The van der Waals surface area contributed by atoms with Gasteiger partial charge in [-0.25, -0.2) is 8.42 Å². The standard InChI is InChI=1S/C12H21N3O2S/c1-5-10-9(3)11(13)7-8-12(10)15(6-2)14-18(4,16)17/h7-8,14H,5-6,13H2,1-4H3. The molecule has 0 aliphatic rings. The number of benzene rings is 1. The third-order valence-corrected chi connectivity index (χ3v) is 3.40. The van der Waals surface area contributed by atoms with E-state index in [1.54, 1.807) is 11.1 Å². The average molecular weight is 271 g/mol.